The van der Waals surface area contributed by atoms with Gasteiger partial charge in [-0.3, -0.25) is 4.79 Å². The third-order valence-electron chi connectivity index (χ3n) is 2.99. The molecule has 3 nitrogen and oxygen atoms in total. The number of ether oxygens (including phenoxy) is 1. The van der Waals surface area contributed by atoms with Crippen molar-refractivity contribution in [3.63, 3.8) is 0 Å². The highest BCUT2D eigenvalue weighted by molar-refractivity contribution is 5.83. The minimum absolute atomic E-state index is 0.0200. The normalized spacial score (nSPS) is 21.1. The first-order valence-electron chi connectivity index (χ1n) is 5.39. The molecule has 1 N–H and O–H groups in total. The van der Waals surface area contributed by atoms with Crippen molar-refractivity contribution < 1.29 is 14.6 Å². The molecular formula is C11H20O3. The fraction of sp³-hybridized carbons (Fsp3) is 0.909. The Morgan fingerprint density at radius 3 is 2.43 bits per heavy atom. The third kappa shape index (κ3) is 2.79. The summed E-state index contributed by atoms with van der Waals surface area (Å²) in [5.41, 5.74) is 0. The zero-order chi connectivity index (χ0) is 10.6. The summed E-state index contributed by atoms with van der Waals surface area (Å²) >= 11 is 0. The van der Waals surface area contributed by atoms with Crippen LogP contribution in [0.25, 0.3) is 0 Å². The minimum atomic E-state index is -0.182. The molecule has 82 valence electrons. The largest absolute Gasteiger partial charge is 0.396 e. The van der Waals surface area contributed by atoms with E-state index in [9.17, 15) is 4.79 Å². The molecule has 1 fully saturated rings. The summed E-state index contributed by atoms with van der Waals surface area (Å²) in [6.07, 6.45) is 1.64. The lowest BCUT2D eigenvalue weighted by molar-refractivity contribution is -0.132. The number of rotatable bonds is 4. The van der Waals surface area contributed by atoms with Crippen molar-refractivity contribution in [2.24, 2.45) is 17.8 Å². The highest BCUT2D eigenvalue weighted by atomic mass is 16.5. The quantitative estimate of drug-likeness (QED) is 0.743. The molecule has 1 saturated heterocycles. The Kier molecular flexibility index (Phi) is 4.55. The van der Waals surface area contributed by atoms with Crippen molar-refractivity contribution in [1.82, 2.24) is 0 Å². The number of carbonyl (C=O) groups is 1. The maximum absolute atomic E-state index is 12.0. The number of Topliss-reactive ketones (excluding diaryl/α,β-unsaturated/α-hetero) is 1. The van der Waals surface area contributed by atoms with Gasteiger partial charge in [-0.2, -0.15) is 0 Å². The third-order valence-corrected chi connectivity index (χ3v) is 2.99. The van der Waals surface area contributed by atoms with Gasteiger partial charge in [-0.1, -0.05) is 13.8 Å². The lowest BCUT2D eigenvalue weighted by Crippen LogP contribution is -2.33. The van der Waals surface area contributed by atoms with Gasteiger partial charge < -0.3 is 9.84 Å². The van der Waals surface area contributed by atoms with Crippen LogP contribution in [0.3, 0.4) is 0 Å². The lowest BCUT2D eigenvalue weighted by Gasteiger charge is -2.26. The van der Waals surface area contributed by atoms with E-state index >= 15 is 0 Å². The van der Waals surface area contributed by atoms with Gasteiger partial charge in [0.2, 0.25) is 0 Å². The van der Waals surface area contributed by atoms with Crippen molar-refractivity contribution in [2.45, 2.75) is 26.7 Å². The molecule has 0 radical (unpaired) electrons. The van der Waals surface area contributed by atoms with Crippen molar-refractivity contribution >= 4 is 5.78 Å². The van der Waals surface area contributed by atoms with Gasteiger partial charge in [0.1, 0.15) is 5.78 Å². The Morgan fingerprint density at radius 2 is 2.00 bits per heavy atom. The molecule has 0 aromatic heterocycles. The molecule has 0 aromatic carbocycles. The van der Waals surface area contributed by atoms with Crippen LogP contribution in [0.15, 0.2) is 0 Å². The summed E-state index contributed by atoms with van der Waals surface area (Å²) in [5.74, 6) is 0.391. The molecule has 1 aliphatic heterocycles. The number of aliphatic hydroxyl groups is 1. The van der Waals surface area contributed by atoms with Gasteiger partial charge in [-0.05, 0) is 18.8 Å². The first-order chi connectivity index (χ1) is 6.66. The monoisotopic (exact) mass is 200 g/mol. The van der Waals surface area contributed by atoms with Crippen LogP contribution in [0.4, 0.5) is 0 Å². The van der Waals surface area contributed by atoms with Crippen LogP contribution < -0.4 is 0 Å². The first-order valence-corrected chi connectivity index (χ1v) is 5.39. The SMILES string of the molecule is CC(C)C(CO)C(=O)C1CCOCC1. The van der Waals surface area contributed by atoms with E-state index in [4.69, 9.17) is 9.84 Å². The summed E-state index contributed by atoms with van der Waals surface area (Å²) in [7, 11) is 0. The lowest BCUT2D eigenvalue weighted by atomic mass is 9.82. The summed E-state index contributed by atoms with van der Waals surface area (Å²) in [6, 6.07) is 0. The van der Waals surface area contributed by atoms with E-state index in [1.54, 1.807) is 0 Å². The number of carbonyl (C=O) groups excluding carboxylic acids is 1. The van der Waals surface area contributed by atoms with Gasteiger partial charge in [0.15, 0.2) is 0 Å². The molecule has 1 atom stereocenters. The summed E-state index contributed by atoms with van der Waals surface area (Å²) in [6.45, 7) is 5.32. The zero-order valence-corrected chi connectivity index (χ0v) is 9.03. The van der Waals surface area contributed by atoms with Crippen LogP contribution in [0.2, 0.25) is 0 Å². The predicted molar refractivity (Wildman–Crippen MR) is 54.0 cm³/mol. The maximum Gasteiger partial charge on any atom is 0.141 e. The van der Waals surface area contributed by atoms with E-state index in [-0.39, 0.29) is 30.1 Å². The summed E-state index contributed by atoms with van der Waals surface area (Å²) in [4.78, 5) is 12.0. The Labute approximate surface area is 85.5 Å². The minimum Gasteiger partial charge on any atom is -0.396 e. The molecule has 0 spiro atoms. The fourth-order valence-electron chi connectivity index (χ4n) is 1.91. The second kappa shape index (κ2) is 5.47. The predicted octanol–water partition coefficient (Wildman–Crippen LogP) is 1.25. The Morgan fingerprint density at radius 1 is 1.43 bits per heavy atom. The van der Waals surface area contributed by atoms with Crippen molar-refractivity contribution in [2.75, 3.05) is 19.8 Å². The molecule has 0 bridgehead atoms. The zero-order valence-electron chi connectivity index (χ0n) is 9.03. The van der Waals surface area contributed by atoms with E-state index in [2.05, 4.69) is 0 Å². The van der Waals surface area contributed by atoms with E-state index in [1.807, 2.05) is 13.8 Å². The summed E-state index contributed by atoms with van der Waals surface area (Å²) < 4.78 is 5.21. The fourth-order valence-corrected chi connectivity index (χ4v) is 1.91. The van der Waals surface area contributed by atoms with Gasteiger partial charge in [0, 0.05) is 25.0 Å². The first kappa shape index (κ1) is 11.7. The van der Waals surface area contributed by atoms with E-state index < -0.39 is 0 Å². The van der Waals surface area contributed by atoms with Gasteiger partial charge in [-0.25, -0.2) is 0 Å². The maximum atomic E-state index is 12.0. The molecule has 1 aliphatic rings. The Bertz CT molecular complexity index is 183. The van der Waals surface area contributed by atoms with Gasteiger partial charge in [-0.15, -0.1) is 0 Å². The van der Waals surface area contributed by atoms with Gasteiger partial charge in [0.05, 0.1) is 6.61 Å². The molecular weight excluding hydrogens is 180 g/mol. The average Bonchev–Trinajstić information content (AvgIpc) is 2.19. The summed E-state index contributed by atoms with van der Waals surface area (Å²) in [5, 5.41) is 9.15. The van der Waals surface area contributed by atoms with E-state index in [0.29, 0.717) is 13.2 Å². The van der Waals surface area contributed by atoms with Crippen molar-refractivity contribution in [3.8, 4) is 0 Å². The Hall–Kier alpha value is -0.410. The highest BCUT2D eigenvalue weighted by Crippen LogP contribution is 2.23. The van der Waals surface area contributed by atoms with Crippen molar-refractivity contribution in [3.05, 3.63) is 0 Å². The van der Waals surface area contributed by atoms with Crippen molar-refractivity contribution in [1.29, 1.82) is 0 Å². The van der Waals surface area contributed by atoms with Crippen LogP contribution >= 0.6 is 0 Å². The smallest absolute Gasteiger partial charge is 0.141 e. The molecule has 3 heteroatoms. The topological polar surface area (TPSA) is 46.5 Å². The van der Waals surface area contributed by atoms with Gasteiger partial charge in [0.25, 0.3) is 0 Å². The number of hydrogen-bond acceptors (Lipinski definition) is 3. The average molecular weight is 200 g/mol. The number of ketones is 1. The number of hydrogen-bond donors (Lipinski definition) is 1. The standard InChI is InChI=1S/C11H20O3/c1-8(2)10(7-12)11(13)9-3-5-14-6-4-9/h8-10,12H,3-7H2,1-2H3. The molecule has 1 rings (SSSR count). The van der Waals surface area contributed by atoms with Gasteiger partial charge >= 0.3 is 0 Å². The molecule has 1 heterocycles. The van der Waals surface area contributed by atoms with Crippen LogP contribution in [-0.2, 0) is 9.53 Å². The van der Waals surface area contributed by atoms with E-state index in [0.717, 1.165) is 12.8 Å². The van der Waals surface area contributed by atoms with Crippen LogP contribution in [-0.4, -0.2) is 30.7 Å². The van der Waals surface area contributed by atoms with Crippen LogP contribution in [0, 0.1) is 17.8 Å². The number of aliphatic hydroxyl groups excluding tert-OH is 1. The molecule has 0 saturated carbocycles. The van der Waals surface area contributed by atoms with Crippen LogP contribution in [0.5, 0.6) is 0 Å². The molecule has 1 unspecified atom stereocenters. The second-order valence-corrected chi connectivity index (χ2v) is 4.32. The Balaban J connectivity index is 2.52. The molecule has 0 amide bonds. The highest BCUT2D eigenvalue weighted by Gasteiger charge is 2.29. The second-order valence-electron chi connectivity index (χ2n) is 4.32. The van der Waals surface area contributed by atoms with E-state index in [1.165, 1.54) is 0 Å². The molecule has 14 heavy (non-hydrogen) atoms. The van der Waals surface area contributed by atoms with Crippen LogP contribution in [0.1, 0.15) is 26.7 Å². The molecule has 0 aromatic rings. The molecule has 0 aliphatic carbocycles.